The van der Waals surface area contributed by atoms with Gasteiger partial charge in [0.15, 0.2) is 5.75 Å². The van der Waals surface area contributed by atoms with Crippen LogP contribution in [0.15, 0.2) is 93.3 Å². The summed E-state index contributed by atoms with van der Waals surface area (Å²) < 4.78 is 31.0. The number of rotatable bonds is 7. The van der Waals surface area contributed by atoms with Crippen molar-refractivity contribution < 1.29 is 17.4 Å². The molecule has 8 heteroatoms. The van der Waals surface area contributed by atoms with E-state index in [9.17, 15) is 13.2 Å². The molecule has 0 aliphatic carbocycles. The highest BCUT2D eigenvalue weighted by molar-refractivity contribution is 9.10. The predicted molar refractivity (Wildman–Crippen MR) is 114 cm³/mol. The minimum absolute atomic E-state index is 0.0311. The Morgan fingerprint density at radius 3 is 2.34 bits per heavy atom. The van der Waals surface area contributed by atoms with Crippen LogP contribution in [0.4, 0.5) is 0 Å². The van der Waals surface area contributed by atoms with Gasteiger partial charge >= 0.3 is 10.1 Å². The maximum absolute atomic E-state index is 12.5. The second kappa shape index (κ2) is 9.49. The van der Waals surface area contributed by atoms with Crippen molar-refractivity contribution in [3.63, 3.8) is 0 Å². The zero-order chi connectivity index (χ0) is 20.7. The van der Waals surface area contributed by atoms with Crippen molar-refractivity contribution >= 4 is 38.2 Å². The first-order valence-electron chi connectivity index (χ1n) is 8.59. The highest BCUT2D eigenvalue weighted by Gasteiger charge is 2.18. The number of amides is 1. The van der Waals surface area contributed by atoms with Gasteiger partial charge in [0.05, 0.1) is 12.6 Å². The van der Waals surface area contributed by atoms with Gasteiger partial charge in [0.1, 0.15) is 4.90 Å². The lowest BCUT2D eigenvalue weighted by Gasteiger charge is -2.09. The molecule has 0 unspecified atom stereocenters. The third-order valence-electron chi connectivity index (χ3n) is 3.82. The van der Waals surface area contributed by atoms with Gasteiger partial charge in [-0.15, -0.1) is 0 Å². The minimum atomic E-state index is -4.00. The Kier molecular flexibility index (Phi) is 6.79. The summed E-state index contributed by atoms with van der Waals surface area (Å²) in [5, 5.41) is 3.91. The summed E-state index contributed by atoms with van der Waals surface area (Å²) in [7, 11) is -4.00. The van der Waals surface area contributed by atoms with Crippen molar-refractivity contribution in [3.8, 4) is 5.75 Å². The van der Waals surface area contributed by atoms with Gasteiger partial charge in [0, 0.05) is 10.0 Å². The van der Waals surface area contributed by atoms with E-state index in [1.165, 1.54) is 24.4 Å². The Morgan fingerprint density at radius 2 is 1.62 bits per heavy atom. The van der Waals surface area contributed by atoms with E-state index < -0.39 is 10.1 Å². The monoisotopic (exact) mass is 472 g/mol. The molecule has 0 spiro atoms. The molecule has 3 aromatic rings. The van der Waals surface area contributed by atoms with Crippen molar-refractivity contribution in [2.75, 3.05) is 0 Å². The van der Waals surface area contributed by atoms with Gasteiger partial charge in [-0.25, -0.2) is 5.43 Å². The summed E-state index contributed by atoms with van der Waals surface area (Å²) in [4.78, 5) is 12.0. The number of hydrazone groups is 1. The van der Waals surface area contributed by atoms with Gasteiger partial charge in [-0.05, 0) is 42.0 Å². The molecule has 0 bridgehead atoms. The molecule has 29 heavy (non-hydrogen) atoms. The second-order valence-corrected chi connectivity index (χ2v) is 8.45. The first kappa shape index (κ1) is 20.8. The maximum atomic E-state index is 12.5. The lowest BCUT2D eigenvalue weighted by Crippen LogP contribution is -2.19. The maximum Gasteiger partial charge on any atom is 0.339 e. The van der Waals surface area contributed by atoms with E-state index in [1.807, 2.05) is 30.3 Å². The van der Waals surface area contributed by atoms with E-state index in [0.29, 0.717) is 5.56 Å². The molecule has 0 atom stereocenters. The molecule has 3 aromatic carbocycles. The van der Waals surface area contributed by atoms with Crippen LogP contribution in [0, 0.1) is 0 Å². The standard InChI is InChI=1S/C21H17BrN2O4S/c22-18-10-12-19(13-11-18)29(26,27)28-20-9-5-4-8-17(20)15-23-24-21(25)14-16-6-2-1-3-7-16/h1-13,15H,14H2,(H,24,25)/b23-15+. The van der Waals surface area contributed by atoms with Crippen LogP contribution in [0.3, 0.4) is 0 Å². The average Bonchev–Trinajstić information content (AvgIpc) is 2.70. The molecule has 0 saturated heterocycles. The van der Waals surface area contributed by atoms with Crippen molar-refractivity contribution in [2.45, 2.75) is 11.3 Å². The smallest absolute Gasteiger partial charge is 0.339 e. The Bertz CT molecular complexity index is 1110. The number of benzene rings is 3. The van der Waals surface area contributed by atoms with Crippen LogP contribution in [-0.4, -0.2) is 20.5 Å². The number of carbonyl (C=O) groups is 1. The van der Waals surface area contributed by atoms with Crippen LogP contribution in [0.2, 0.25) is 0 Å². The number of halogens is 1. The van der Waals surface area contributed by atoms with Crippen LogP contribution in [0.1, 0.15) is 11.1 Å². The topological polar surface area (TPSA) is 84.8 Å². The van der Waals surface area contributed by atoms with Crippen molar-refractivity contribution in [1.82, 2.24) is 5.43 Å². The fourth-order valence-electron chi connectivity index (χ4n) is 2.43. The van der Waals surface area contributed by atoms with Gasteiger partial charge in [-0.3, -0.25) is 4.79 Å². The number of para-hydroxylation sites is 1. The van der Waals surface area contributed by atoms with Crippen LogP contribution in [0.5, 0.6) is 5.75 Å². The number of hydrogen-bond acceptors (Lipinski definition) is 5. The summed E-state index contributed by atoms with van der Waals surface area (Å²) in [6, 6.07) is 21.9. The quantitative estimate of drug-likeness (QED) is 0.321. The molecule has 1 N–H and O–H groups in total. The number of nitrogens with one attached hydrogen (secondary N) is 1. The van der Waals surface area contributed by atoms with E-state index in [4.69, 9.17) is 4.18 Å². The average molecular weight is 473 g/mol. The number of hydrogen-bond donors (Lipinski definition) is 1. The lowest BCUT2D eigenvalue weighted by molar-refractivity contribution is -0.120. The molecule has 0 aliphatic rings. The van der Waals surface area contributed by atoms with Crippen molar-refractivity contribution in [3.05, 3.63) is 94.5 Å². The van der Waals surface area contributed by atoms with Crippen LogP contribution in [0.25, 0.3) is 0 Å². The van der Waals surface area contributed by atoms with Gasteiger partial charge in [-0.2, -0.15) is 13.5 Å². The molecular weight excluding hydrogens is 456 g/mol. The zero-order valence-corrected chi connectivity index (χ0v) is 17.6. The van der Waals surface area contributed by atoms with Crippen LogP contribution >= 0.6 is 15.9 Å². The second-order valence-electron chi connectivity index (χ2n) is 5.98. The molecule has 0 heterocycles. The molecular formula is C21H17BrN2O4S. The van der Waals surface area contributed by atoms with E-state index in [2.05, 4.69) is 26.5 Å². The molecule has 0 saturated carbocycles. The normalized spacial score (nSPS) is 11.3. The first-order chi connectivity index (χ1) is 13.9. The zero-order valence-electron chi connectivity index (χ0n) is 15.2. The fourth-order valence-corrected chi connectivity index (χ4v) is 3.64. The molecule has 6 nitrogen and oxygen atoms in total. The van der Waals surface area contributed by atoms with E-state index in [1.54, 1.807) is 30.3 Å². The van der Waals surface area contributed by atoms with E-state index >= 15 is 0 Å². The summed E-state index contributed by atoms with van der Waals surface area (Å²) in [5.41, 5.74) is 3.70. The third-order valence-corrected chi connectivity index (χ3v) is 5.60. The molecule has 0 aliphatic heterocycles. The number of carbonyl (C=O) groups excluding carboxylic acids is 1. The van der Waals surface area contributed by atoms with Gasteiger partial charge in [-0.1, -0.05) is 58.4 Å². The van der Waals surface area contributed by atoms with Gasteiger partial charge < -0.3 is 4.18 Å². The Morgan fingerprint density at radius 1 is 0.966 bits per heavy atom. The Balaban J connectivity index is 1.69. The molecule has 0 radical (unpaired) electrons. The summed E-state index contributed by atoms with van der Waals surface area (Å²) in [5.74, 6) is -0.176. The van der Waals surface area contributed by atoms with E-state index in [0.717, 1.165) is 10.0 Å². The fraction of sp³-hybridized carbons (Fsp3) is 0.0476. The van der Waals surface area contributed by atoms with E-state index in [-0.39, 0.29) is 23.0 Å². The SMILES string of the molecule is O=C(Cc1ccccc1)N/N=C/c1ccccc1OS(=O)(=O)c1ccc(Br)cc1. The third kappa shape index (κ3) is 6.00. The summed E-state index contributed by atoms with van der Waals surface area (Å²) >= 11 is 3.26. The van der Waals surface area contributed by atoms with Gasteiger partial charge in [0.2, 0.25) is 5.91 Å². The minimum Gasteiger partial charge on any atom is -0.378 e. The predicted octanol–water partition coefficient (Wildman–Crippen LogP) is 3.91. The highest BCUT2D eigenvalue weighted by atomic mass is 79.9. The Labute approximate surface area is 177 Å². The van der Waals surface area contributed by atoms with Gasteiger partial charge in [0.25, 0.3) is 0 Å². The largest absolute Gasteiger partial charge is 0.378 e. The Hall–Kier alpha value is -2.97. The molecule has 3 rings (SSSR count). The number of nitrogens with zero attached hydrogens (tertiary/aromatic N) is 1. The van der Waals surface area contributed by atoms with Crippen molar-refractivity contribution in [1.29, 1.82) is 0 Å². The molecule has 148 valence electrons. The van der Waals surface area contributed by atoms with Crippen molar-refractivity contribution in [2.24, 2.45) is 5.10 Å². The first-order valence-corrected chi connectivity index (χ1v) is 10.8. The van der Waals surface area contributed by atoms with Crippen LogP contribution in [-0.2, 0) is 21.3 Å². The highest BCUT2D eigenvalue weighted by Crippen LogP contribution is 2.23. The van der Waals surface area contributed by atoms with Crippen LogP contribution < -0.4 is 9.61 Å². The summed E-state index contributed by atoms with van der Waals surface area (Å²) in [6.45, 7) is 0. The lowest BCUT2D eigenvalue weighted by atomic mass is 10.1. The molecule has 0 aromatic heterocycles. The molecule has 1 amide bonds. The summed E-state index contributed by atoms with van der Waals surface area (Å²) in [6.07, 6.45) is 1.53. The molecule has 0 fully saturated rings.